The SMILES string of the molecule is COC(=O)c1ccc(COCc2ccco2)cc1F. The lowest BCUT2D eigenvalue weighted by Crippen LogP contribution is -2.05. The molecule has 0 fully saturated rings. The van der Waals surface area contributed by atoms with Crippen molar-refractivity contribution in [3.63, 3.8) is 0 Å². The Morgan fingerprint density at radius 2 is 2.16 bits per heavy atom. The Bertz CT molecular complexity index is 549. The predicted octanol–water partition coefficient (Wildman–Crippen LogP) is 2.92. The van der Waals surface area contributed by atoms with Gasteiger partial charge in [0.1, 0.15) is 18.2 Å². The summed E-state index contributed by atoms with van der Waals surface area (Å²) in [5.41, 5.74) is 0.550. The smallest absolute Gasteiger partial charge is 0.340 e. The summed E-state index contributed by atoms with van der Waals surface area (Å²) < 4.78 is 28.5. The predicted molar refractivity (Wildman–Crippen MR) is 64.9 cm³/mol. The zero-order valence-electron chi connectivity index (χ0n) is 10.4. The number of esters is 1. The molecule has 0 unspecified atom stereocenters. The van der Waals surface area contributed by atoms with Gasteiger partial charge in [-0.25, -0.2) is 9.18 Å². The lowest BCUT2D eigenvalue weighted by Gasteiger charge is -2.05. The highest BCUT2D eigenvalue weighted by Crippen LogP contribution is 2.13. The summed E-state index contributed by atoms with van der Waals surface area (Å²) in [6.45, 7) is 0.548. The molecule has 0 aliphatic carbocycles. The first kappa shape index (κ1) is 13.3. The highest BCUT2D eigenvalue weighted by Gasteiger charge is 2.12. The summed E-state index contributed by atoms with van der Waals surface area (Å²) in [6, 6.07) is 7.82. The molecule has 4 nitrogen and oxygen atoms in total. The molecule has 0 amide bonds. The number of furan rings is 1. The van der Waals surface area contributed by atoms with Gasteiger partial charge in [0.05, 0.1) is 25.5 Å². The normalized spacial score (nSPS) is 10.4. The number of ether oxygens (including phenoxy) is 2. The third-order valence-electron chi connectivity index (χ3n) is 2.53. The maximum atomic E-state index is 13.6. The van der Waals surface area contributed by atoms with Crippen LogP contribution in [0.3, 0.4) is 0 Å². The summed E-state index contributed by atoms with van der Waals surface area (Å²) >= 11 is 0. The second-order valence-electron chi connectivity index (χ2n) is 3.88. The maximum Gasteiger partial charge on any atom is 0.340 e. The maximum absolute atomic E-state index is 13.6. The zero-order valence-corrected chi connectivity index (χ0v) is 10.4. The van der Waals surface area contributed by atoms with E-state index in [0.29, 0.717) is 17.9 Å². The van der Waals surface area contributed by atoms with Crippen LogP contribution in [0.4, 0.5) is 4.39 Å². The summed E-state index contributed by atoms with van der Waals surface area (Å²) in [4.78, 5) is 11.2. The zero-order chi connectivity index (χ0) is 13.7. The Hall–Kier alpha value is -2.14. The van der Waals surface area contributed by atoms with E-state index in [0.717, 1.165) is 0 Å². The molecule has 0 bridgehead atoms. The molecule has 0 aliphatic heterocycles. The molecule has 0 saturated carbocycles. The van der Waals surface area contributed by atoms with Crippen LogP contribution in [0.2, 0.25) is 0 Å². The van der Waals surface area contributed by atoms with Crippen LogP contribution >= 0.6 is 0 Å². The molecule has 19 heavy (non-hydrogen) atoms. The van der Waals surface area contributed by atoms with Crippen molar-refractivity contribution < 1.29 is 23.1 Å². The van der Waals surface area contributed by atoms with Gasteiger partial charge >= 0.3 is 5.97 Å². The van der Waals surface area contributed by atoms with E-state index < -0.39 is 11.8 Å². The lowest BCUT2D eigenvalue weighted by atomic mass is 10.1. The minimum absolute atomic E-state index is 0.0858. The standard InChI is InChI=1S/C14H13FO4/c1-17-14(16)12-5-4-10(7-13(12)15)8-18-9-11-3-2-6-19-11/h2-7H,8-9H2,1H3. The number of carbonyl (C=O) groups excluding carboxylic acids is 1. The highest BCUT2D eigenvalue weighted by atomic mass is 19.1. The van der Waals surface area contributed by atoms with Crippen molar-refractivity contribution in [1.82, 2.24) is 0 Å². The fraction of sp³-hybridized carbons (Fsp3) is 0.214. The minimum Gasteiger partial charge on any atom is -0.467 e. The molecular formula is C14H13FO4. The molecule has 0 atom stereocenters. The first-order valence-electron chi connectivity index (χ1n) is 5.67. The van der Waals surface area contributed by atoms with E-state index in [4.69, 9.17) is 9.15 Å². The van der Waals surface area contributed by atoms with E-state index in [2.05, 4.69) is 4.74 Å². The molecule has 0 saturated heterocycles. The molecule has 0 aliphatic rings. The fourth-order valence-electron chi connectivity index (χ4n) is 1.59. The molecule has 1 aromatic carbocycles. The number of benzene rings is 1. The van der Waals surface area contributed by atoms with E-state index in [1.807, 2.05) is 0 Å². The third kappa shape index (κ3) is 3.42. The Morgan fingerprint density at radius 1 is 1.32 bits per heavy atom. The summed E-state index contributed by atoms with van der Waals surface area (Å²) in [6.07, 6.45) is 1.56. The highest BCUT2D eigenvalue weighted by molar-refractivity contribution is 5.89. The second-order valence-corrected chi connectivity index (χ2v) is 3.88. The average molecular weight is 264 g/mol. The molecule has 2 aromatic rings. The molecule has 1 aromatic heterocycles. The van der Waals surface area contributed by atoms with Crippen LogP contribution < -0.4 is 0 Å². The number of rotatable bonds is 5. The van der Waals surface area contributed by atoms with Crippen LogP contribution in [0.1, 0.15) is 21.7 Å². The summed E-state index contributed by atoms with van der Waals surface area (Å²) in [5, 5.41) is 0. The average Bonchev–Trinajstić information content (AvgIpc) is 2.91. The minimum atomic E-state index is -0.694. The molecular weight excluding hydrogens is 251 g/mol. The van der Waals surface area contributed by atoms with Crippen molar-refractivity contribution in [3.8, 4) is 0 Å². The Labute approximate surface area is 109 Å². The third-order valence-corrected chi connectivity index (χ3v) is 2.53. The van der Waals surface area contributed by atoms with Crippen LogP contribution in [0.25, 0.3) is 0 Å². The number of carbonyl (C=O) groups is 1. The van der Waals surface area contributed by atoms with Crippen molar-refractivity contribution >= 4 is 5.97 Å². The first-order valence-corrected chi connectivity index (χ1v) is 5.67. The van der Waals surface area contributed by atoms with Crippen LogP contribution in [-0.2, 0) is 22.7 Å². The molecule has 100 valence electrons. The summed E-state index contributed by atoms with van der Waals surface area (Å²) in [7, 11) is 1.21. The number of halogens is 1. The molecule has 5 heteroatoms. The van der Waals surface area contributed by atoms with Crippen molar-refractivity contribution in [1.29, 1.82) is 0 Å². The van der Waals surface area contributed by atoms with E-state index in [9.17, 15) is 9.18 Å². The summed E-state index contributed by atoms with van der Waals surface area (Å²) in [5.74, 6) is -0.613. The van der Waals surface area contributed by atoms with Crippen molar-refractivity contribution in [2.24, 2.45) is 0 Å². The number of hydrogen-bond donors (Lipinski definition) is 0. The molecule has 0 N–H and O–H groups in total. The topological polar surface area (TPSA) is 48.7 Å². The van der Waals surface area contributed by atoms with Gasteiger partial charge < -0.3 is 13.9 Å². The molecule has 2 rings (SSSR count). The molecule has 1 heterocycles. The molecule has 0 spiro atoms. The van der Waals surface area contributed by atoms with E-state index >= 15 is 0 Å². The van der Waals surface area contributed by atoms with E-state index in [1.165, 1.54) is 19.2 Å². The van der Waals surface area contributed by atoms with Gasteiger partial charge in [-0.2, -0.15) is 0 Å². The van der Waals surface area contributed by atoms with Gasteiger partial charge in [-0.1, -0.05) is 6.07 Å². The monoisotopic (exact) mass is 264 g/mol. The van der Waals surface area contributed by atoms with Gasteiger partial charge in [-0.3, -0.25) is 0 Å². The first-order chi connectivity index (χ1) is 9.20. The van der Waals surface area contributed by atoms with Crippen LogP contribution in [-0.4, -0.2) is 13.1 Å². The van der Waals surface area contributed by atoms with Gasteiger partial charge in [0, 0.05) is 0 Å². The fourth-order valence-corrected chi connectivity index (χ4v) is 1.59. The van der Waals surface area contributed by atoms with Crippen LogP contribution in [0, 0.1) is 5.82 Å². The molecule has 0 radical (unpaired) electrons. The van der Waals surface area contributed by atoms with Crippen LogP contribution in [0.15, 0.2) is 41.0 Å². The Kier molecular flexibility index (Phi) is 4.30. The Balaban J connectivity index is 1.94. The lowest BCUT2D eigenvalue weighted by molar-refractivity contribution is 0.0595. The largest absolute Gasteiger partial charge is 0.467 e. The second kappa shape index (κ2) is 6.15. The van der Waals surface area contributed by atoms with Gasteiger partial charge in [0.25, 0.3) is 0 Å². The van der Waals surface area contributed by atoms with Crippen molar-refractivity contribution in [3.05, 3.63) is 59.3 Å². The van der Waals surface area contributed by atoms with Crippen LogP contribution in [0.5, 0.6) is 0 Å². The van der Waals surface area contributed by atoms with E-state index in [-0.39, 0.29) is 12.2 Å². The van der Waals surface area contributed by atoms with Crippen molar-refractivity contribution in [2.45, 2.75) is 13.2 Å². The quantitative estimate of drug-likeness (QED) is 0.779. The van der Waals surface area contributed by atoms with Gasteiger partial charge in [0.15, 0.2) is 0 Å². The number of hydrogen-bond acceptors (Lipinski definition) is 4. The van der Waals surface area contributed by atoms with E-state index in [1.54, 1.807) is 24.5 Å². The van der Waals surface area contributed by atoms with Gasteiger partial charge in [-0.05, 0) is 29.8 Å². The van der Waals surface area contributed by atoms with Gasteiger partial charge in [0.2, 0.25) is 0 Å². The number of methoxy groups -OCH3 is 1. The van der Waals surface area contributed by atoms with Gasteiger partial charge in [-0.15, -0.1) is 0 Å². The Morgan fingerprint density at radius 3 is 2.79 bits per heavy atom. The van der Waals surface area contributed by atoms with Crippen molar-refractivity contribution in [2.75, 3.05) is 7.11 Å².